The summed E-state index contributed by atoms with van der Waals surface area (Å²) in [6, 6.07) is 34.3. The molecule has 0 radical (unpaired) electrons. The van der Waals surface area contributed by atoms with E-state index in [2.05, 4.69) is 133 Å². The van der Waals surface area contributed by atoms with E-state index in [4.69, 9.17) is 33.8 Å². The van der Waals surface area contributed by atoms with Gasteiger partial charge in [0.2, 0.25) is 9.23 Å². The molecule has 0 aliphatic carbocycles. The van der Waals surface area contributed by atoms with Gasteiger partial charge in [0, 0.05) is 103 Å². The molecule has 8 aromatic rings. The number of nitrogens with zero attached hydrogens (tertiary/aromatic N) is 4. The first kappa shape index (κ1) is 66.0. The topological polar surface area (TPSA) is 176 Å². The Hall–Kier alpha value is -4.16. The van der Waals surface area contributed by atoms with E-state index < -0.39 is 20.4 Å². The third kappa shape index (κ3) is 25.6. The van der Waals surface area contributed by atoms with Crippen LogP contribution < -0.4 is 11.5 Å². The van der Waals surface area contributed by atoms with Crippen molar-refractivity contribution in [1.82, 2.24) is 19.1 Å². The van der Waals surface area contributed by atoms with Gasteiger partial charge in [-0.3, -0.25) is 9.59 Å². The van der Waals surface area contributed by atoms with E-state index in [1.54, 1.807) is 56.2 Å². The molecular formula is C55H59BrCl3I3N6O5S. The number of rotatable bonds is 7. The molecule has 0 aliphatic rings. The number of nitrogen functional groups attached to an aromatic ring is 2. The van der Waals surface area contributed by atoms with Crippen molar-refractivity contribution in [3.63, 3.8) is 0 Å². The van der Waals surface area contributed by atoms with E-state index in [0.29, 0.717) is 24.4 Å². The van der Waals surface area contributed by atoms with Gasteiger partial charge in [-0.05, 0) is 239 Å². The summed E-state index contributed by atoms with van der Waals surface area (Å²) in [5.74, 6) is -0.729. The minimum atomic E-state index is -1.67. The molecule has 11 nitrogen and oxygen atoms in total. The minimum absolute atomic E-state index is 0. The number of imidazole rings is 2. The monoisotopic (exact) mass is 1480 g/mol. The number of carbonyl (C=O) groups excluding carboxylic acids is 2. The van der Waals surface area contributed by atoms with Crippen LogP contribution in [-0.2, 0) is 15.6 Å². The Kier molecular flexibility index (Phi) is 31.4. The van der Waals surface area contributed by atoms with Gasteiger partial charge in [0.1, 0.15) is 0 Å². The van der Waals surface area contributed by atoms with Crippen molar-refractivity contribution >= 4 is 154 Å². The number of anilines is 2. The summed E-state index contributed by atoms with van der Waals surface area (Å²) in [6.07, 6.45) is 11.2. The van der Waals surface area contributed by atoms with Gasteiger partial charge in [-0.15, -0.1) is 0 Å². The predicted octanol–water partition coefficient (Wildman–Crippen LogP) is 16.6. The van der Waals surface area contributed by atoms with Gasteiger partial charge in [0.25, 0.3) is 5.24 Å². The van der Waals surface area contributed by atoms with Crippen LogP contribution in [0.5, 0.6) is 0 Å². The normalized spacial score (nSPS) is 9.91. The quantitative estimate of drug-likeness (QED) is 0.0607. The summed E-state index contributed by atoms with van der Waals surface area (Å²) in [6.45, 7) is 14.4. The van der Waals surface area contributed by atoms with Gasteiger partial charge < -0.3 is 25.7 Å². The fourth-order valence-electron chi connectivity index (χ4n) is 6.12. The highest BCUT2D eigenvalue weighted by Gasteiger charge is 2.11. The Morgan fingerprint density at radius 1 is 0.649 bits per heavy atom. The van der Waals surface area contributed by atoms with E-state index >= 15 is 0 Å². The summed E-state index contributed by atoms with van der Waals surface area (Å²) < 4.78 is 23.4. The lowest BCUT2D eigenvalue weighted by atomic mass is 10.0. The zero-order valence-corrected chi connectivity index (χ0v) is 52.0. The molecule has 19 heteroatoms. The van der Waals surface area contributed by atoms with Gasteiger partial charge in [0.05, 0.1) is 18.2 Å². The maximum Gasteiger partial charge on any atom is 0.335 e. The molecule has 0 aliphatic heterocycles. The van der Waals surface area contributed by atoms with Crippen molar-refractivity contribution in [2.75, 3.05) is 11.5 Å². The molecule has 0 unspecified atom stereocenters. The van der Waals surface area contributed by atoms with Crippen molar-refractivity contribution < 1.29 is 25.1 Å². The number of carboxylic acids is 1. The van der Waals surface area contributed by atoms with Crippen LogP contribution in [0.3, 0.4) is 0 Å². The van der Waals surface area contributed by atoms with Crippen LogP contribution in [0.4, 0.5) is 11.4 Å². The molecular weight excluding hydrogens is 1420 g/mol. The zero-order chi connectivity index (χ0) is 55.7. The molecule has 2 heterocycles. The number of carbonyl (C=O) groups is 3. The van der Waals surface area contributed by atoms with Crippen LogP contribution in [0, 0.1) is 52.3 Å². The Morgan fingerprint density at radius 3 is 1.43 bits per heavy atom. The molecule has 394 valence electrons. The molecule has 0 spiro atoms. The highest BCUT2D eigenvalue weighted by Crippen LogP contribution is 2.20. The molecule has 5 N–H and O–H groups in total. The summed E-state index contributed by atoms with van der Waals surface area (Å²) in [5.41, 5.74) is 24.6. The molecule has 0 fully saturated rings. The third-order valence-electron chi connectivity index (χ3n) is 9.55. The summed E-state index contributed by atoms with van der Waals surface area (Å²) >= 11 is 15.2. The fraction of sp³-hybridized carbons (Fsp3) is 0.182. The second kappa shape index (κ2) is 35.2. The number of aryl methyl sites for hydroxylation is 6. The molecule has 6 aromatic carbocycles. The molecule has 0 atom stereocenters. The number of aromatic carboxylic acids is 1. The van der Waals surface area contributed by atoms with Crippen LogP contribution in [0.25, 0.3) is 11.4 Å². The van der Waals surface area contributed by atoms with Gasteiger partial charge in [-0.1, -0.05) is 67.5 Å². The Balaban J connectivity index is 0.000000471. The molecule has 0 amide bonds. The van der Waals surface area contributed by atoms with Crippen molar-refractivity contribution in [3.05, 3.63) is 217 Å². The highest BCUT2D eigenvalue weighted by molar-refractivity contribution is 14.1. The van der Waals surface area contributed by atoms with E-state index in [9.17, 15) is 14.4 Å². The smallest absolute Gasteiger partial charge is 0.335 e. The van der Waals surface area contributed by atoms with Crippen molar-refractivity contribution in [1.29, 1.82) is 0 Å². The first-order valence-corrected chi connectivity index (χ1v) is 28.8. The largest absolute Gasteiger partial charge is 0.478 e. The second-order valence-corrected chi connectivity index (χ2v) is 22.8. The molecule has 74 heavy (non-hydrogen) atoms. The average molecular weight is 1480 g/mol. The number of benzene rings is 6. The number of hydrogen-bond donors (Lipinski definition) is 3. The number of nitrogens with two attached hydrogens (primary N) is 2. The number of carboxylic acid groups (broad SMARTS) is 1. The van der Waals surface area contributed by atoms with Crippen molar-refractivity contribution in [3.8, 4) is 11.4 Å². The van der Waals surface area contributed by atoms with Gasteiger partial charge in [-0.25, -0.2) is 19.0 Å². The van der Waals surface area contributed by atoms with Crippen molar-refractivity contribution in [2.24, 2.45) is 0 Å². The Labute approximate surface area is 502 Å². The number of halogens is 7. The molecule has 0 saturated carbocycles. The maximum absolute atomic E-state index is 12.6. The Bertz CT molecular complexity index is 2980. The third-order valence-corrected chi connectivity index (χ3v) is 13.7. The lowest BCUT2D eigenvalue weighted by Crippen LogP contribution is -2.05. The standard InChI is InChI=1S/C19H17IN2O.C10H11N3.C8H6ClIO.C8H7IO2.C7H8BrN.C2H6.CH4.Cl2OS/c1-13-7-15(9-17(8-13)22-6-5-21-12-22)10-19(23)16-4-3-14(2)18(20)11-16;1-8-4-9(11)6-10(5-8)13-3-2-12-7-13;1-5-2-3-6(8(9)11)4-7(5)10;1-5-2-3-6(8(10)11)4-7(5)9;1-5-2-6(8)4-7(9)3-5;1-2;;1-4(2)3/h3-9,11-12H,10H2,1-2H3;2-7H,11H2,1H3;2-4H,1H3;2-4H,1H3,(H,10,11);2-4H,9H2,1H3;1-2H3;1H4;/i;;;;;1D;;. The van der Waals surface area contributed by atoms with Crippen LogP contribution in [0.2, 0.25) is 0 Å². The van der Waals surface area contributed by atoms with Crippen LogP contribution in [-0.4, -0.2) is 45.4 Å². The first-order chi connectivity index (χ1) is 34.8. The van der Waals surface area contributed by atoms with Gasteiger partial charge in [0.15, 0.2) is 5.78 Å². The fourth-order valence-corrected chi connectivity index (χ4v) is 8.40. The van der Waals surface area contributed by atoms with E-state index in [1.165, 1.54) is 11.1 Å². The number of aromatic nitrogens is 4. The lowest BCUT2D eigenvalue weighted by molar-refractivity contribution is 0.0696. The molecule has 8 rings (SSSR count). The number of Topliss-reactive ketones (excluding diaryl/α,β-unsaturated/α-hetero) is 1. The predicted molar refractivity (Wildman–Crippen MR) is 339 cm³/mol. The van der Waals surface area contributed by atoms with E-state index in [-0.39, 0.29) is 13.2 Å². The van der Waals surface area contributed by atoms with Gasteiger partial charge >= 0.3 is 5.97 Å². The molecule has 0 bridgehead atoms. The van der Waals surface area contributed by atoms with E-state index in [1.807, 2.05) is 130 Å². The molecule has 0 saturated heterocycles. The highest BCUT2D eigenvalue weighted by atomic mass is 127. The second-order valence-electron chi connectivity index (χ2n) is 15.5. The first-order valence-electron chi connectivity index (χ1n) is 22.3. The summed E-state index contributed by atoms with van der Waals surface area (Å²) in [5, 5.41) is 8.20. The zero-order valence-electron chi connectivity index (χ0n) is 41.8. The van der Waals surface area contributed by atoms with E-state index in [0.717, 1.165) is 71.3 Å². The van der Waals surface area contributed by atoms with Crippen LogP contribution in [0.15, 0.2) is 151 Å². The maximum atomic E-state index is 12.6. The van der Waals surface area contributed by atoms with Crippen LogP contribution >= 0.6 is 117 Å². The molecule has 2 aromatic heterocycles. The summed E-state index contributed by atoms with van der Waals surface area (Å²) in [4.78, 5) is 41.8. The number of ketones is 1. The van der Waals surface area contributed by atoms with Crippen molar-refractivity contribution in [2.45, 2.75) is 69.2 Å². The average Bonchev–Trinajstić information content (AvgIpc) is 4.06. The van der Waals surface area contributed by atoms with Crippen LogP contribution in [0.1, 0.15) is 92.6 Å². The number of hydrogen-bond acceptors (Lipinski definition) is 8. The lowest BCUT2D eigenvalue weighted by Gasteiger charge is -2.09. The SMILES string of the molecule is C.Cc1cc(CC(=O)c2ccc(C)c(I)c2)cc(-n2ccnc2)c1.Cc1cc(N)cc(-n2ccnc2)c1.Cc1cc(N)cc(Br)c1.Cc1ccc(C(=O)Cl)cc1I.Cc1ccc(C(=O)O)cc1I.O=S(Cl)Cl.[2H]CC. The van der Waals surface area contributed by atoms with Gasteiger partial charge in [-0.2, -0.15) is 0 Å². The Morgan fingerprint density at radius 2 is 1.04 bits per heavy atom. The minimum Gasteiger partial charge on any atom is -0.478 e. The summed E-state index contributed by atoms with van der Waals surface area (Å²) in [7, 11) is 7.36.